The number of pyridine rings is 1. The molecule has 1 saturated heterocycles. The second kappa shape index (κ2) is 10.9. The van der Waals surface area contributed by atoms with E-state index in [1.807, 2.05) is 12.1 Å². The van der Waals surface area contributed by atoms with Crippen LogP contribution in [0.2, 0.25) is 0 Å². The van der Waals surface area contributed by atoms with Crippen LogP contribution >= 0.6 is 0 Å². The van der Waals surface area contributed by atoms with Crippen molar-refractivity contribution >= 4 is 11.6 Å². The Balaban J connectivity index is 1.38. The van der Waals surface area contributed by atoms with E-state index in [2.05, 4.69) is 15.2 Å². The number of likely N-dealkylation sites (tertiary alicyclic amines) is 1. The van der Waals surface area contributed by atoms with Crippen molar-refractivity contribution in [1.82, 2.24) is 19.6 Å². The van der Waals surface area contributed by atoms with Crippen molar-refractivity contribution in [2.24, 2.45) is 5.92 Å². The minimum absolute atomic E-state index is 0.0413. The summed E-state index contributed by atoms with van der Waals surface area (Å²) in [5, 5.41) is 11.9. The van der Waals surface area contributed by atoms with Gasteiger partial charge in [-0.25, -0.2) is 4.98 Å². The van der Waals surface area contributed by atoms with Gasteiger partial charge in [0.05, 0.1) is 32.2 Å². The Bertz CT molecular complexity index is 1260. The predicted octanol–water partition coefficient (Wildman–Crippen LogP) is 3.20. The van der Waals surface area contributed by atoms with Gasteiger partial charge in [0.1, 0.15) is 28.5 Å². The Hall–Kier alpha value is -3.44. The molecule has 0 spiro atoms. The third-order valence-corrected chi connectivity index (χ3v) is 6.69. The fraction of sp³-hybridized carbons (Fsp3) is 0.462. The third kappa shape index (κ3) is 5.78. The second-order valence-electron chi connectivity index (χ2n) is 9.40. The number of aliphatic hydroxyl groups excluding tert-OH is 1. The van der Waals surface area contributed by atoms with Crippen LogP contribution < -0.4 is 19.5 Å². The maximum absolute atomic E-state index is 13.3. The number of β-amino-alcohol motifs (C(OH)–C–C–N with tert-alkyl or cyclic N) is 1. The molecular formula is C26H30F2N4O5. The quantitative estimate of drug-likeness (QED) is 0.404. The fourth-order valence-corrected chi connectivity index (χ4v) is 4.67. The highest BCUT2D eigenvalue weighted by molar-refractivity contribution is 6.01. The molecule has 11 heteroatoms. The number of imidazole rings is 1. The van der Waals surface area contributed by atoms with E-state index in [4.69, 9.17) is 19.3 Å². The number of carbonyl (C=O) groups is 1. The van der Waals surface area contributed by atoms with Crippen LogP contribution in [-0.2, 0) is 0 Å². The average Bonchev–Trinajstić information content (AvgIpc) is 3.41. The molecule has 1 atom stereocenters. The standard InChI is InChI=1S/C26H30F2N4O5/c1-35-21-10-17(11-22(37-26(27)28)24(21)25(34)30-18-2-3-18)20-13-29-23-12-19(5-7-32(20)23)36-15-16-4-6-31(14-16)8-9-33/h5,7,10-13,16,18,26,33H,2-4,6,8-9,14-15H2,1H3,(H,30,34)/t16-/m1/s1. The fourth-order valence-electron chi connectivity index (χ4n) is 4.67. The summed E-state index contributed by atoms with van der Waals surface area (Å²) in [4.78, 5) is 19.5. The summed E-state index contributed by atoms with van der Waals surface area (Å²) in [5.74, 6) is 0.437. The number of halogens is 2. The van der Waals surface area contributed by atoms with E-state index in [1.54, 1.807) is 22.9 Å². The molecule has 0 radical (unpaired) electrons. The number of benzene rings is 1. The summed E-state index contributed by atoms with van der Waals surface area (Å²) in [6.45, 7) is 0.159. The van der Waals surface area contributed by atoms with E-state index in [9.17, 15) is 13.6 Å². The Kier molecular flexibility index (Phi) is 7.43. The van der Waals surface area contributed by atoms with E-state index in [0.29, 0.717) is 41.7 Å². The maximum atomic E-state index is 13.3. The molecule has 0 unspecified atom stereocenters. The van der Waals surface area contributed by atoms with E-state index >= 15 is 0 Å². The Labute approximate surface area is 212 Å². The van der Waals surface area contributed by atoms with Crippen molar-refractivity contribution in [3.63, 3.8) is 0 Å². The molecule has 2 fully saturated rings. The van der Waals surface area contributed by atoms with Crippen molar-refractivity contribution in [3.8, 4) is 28.5 Å². The summed E-state index contributed by atoms with van der Waals surface area (Å²) < 4.78 is 44.5. The number of hydrogen-bond donors (Lipinski definition) is 2. The number of aliphatic hydroxyl groups is 1. The molecule has 1 aliphatic heterocycles. The highest BCUT2D eigenvalue weighted by Gasteiger charge is 2.29. The lowest BCUT2D eigenvalue weighted by Gasteiger charge is -2.16. The lowest BCUT2D eigenvalue weighted by atomic mass is 10.1. The van der Waals surface area contributed by atoms with Gasteiger partial charge < -0.3 is 29.5 Å². The first kappa shape index (κ1) is 25.2. The van der Waals surface area contributed by atoms with Crippen LogP contribution in [0, 0.1) is 5.92 Å². The highest BCUT2D eigenvalue weighted by Crippen LogP contribution is 2.37. The van der Waals surface area contributed by atoms with Crippen LogP contribution in [0.25, 0.3) is 16.9 Å². The van der Waals surface area contributed by atoms with Crippen LogP contribution in [0.3, 0.4) is 0 Å². The lowest BCUT2D eigenvalue weighted by molar-refractivity contribution is -0.0502. The number of nitrogens with zero attached hydrogens (tertiary/aromatic N) is 3. The molecule has 1 aliphatic carbocycles. The van der Waals surface area contributed by atoms with Gasteiger partial charge in [-0.3, -0.25) is 9.20 Å². The highest BCUT2D eigenvalue weighted by atomic mass is 19.3. The van der Waals surface area contributed by atoms with Gasteiger partial charge in [-0.2, -0.15) is 8.78 Å². The summed E-state index contributed by atoms with van der Waals surface area (Å²) in [7, 11) is 1.38. The number of amides is 1. The third-order valence-electron chi connectivity index (χ3n) is 6.69. The summed E-state index contributed by atoms with van der Waals surface area (Å²) in [5.41, 5.74) is 1.68. The largest absolute Gasteiger partial charge is 0.496 e. The second-order valence-corrected chi connectivity index (χ2v) is 9.40. The maximum Gasteiger partial charge on any atom is 0.387 e. The molecule has 2 aliphatic rings. The van der Waals surface area contributed by atoms with Gasteiger partial charge in [-0.1, -0.05) is 0 Å². The zero-order valence-electron chi connectivity index (χ0n) is 20.5. The number of carbonyl (C=O) groups excluding carboxylic acids is 1. The van der Waals surface area contributed by atoms with Gasteiger partial charge >= 0.3 is 6.61 Å². The molecule has 37 heavy (non-hydrogen) atoms. The molecule has 3 aromatic rings. The smallest absolute Gasteiger partial charge is 0.387 e. The van der Waals surface area contributed by atoms with E-state index in [-0.39, 0.29) is 29.7 Å². The molecular weight excluding hydrogens is 486 g/mol. The zero-order valence-corrected chi connectivity index (χ0v) is 20.5. The molecule has 1 amide bonds. The van der Waals surface area contributed by atoms with E-state index < -0.39 is 12.5 Å². The molecule has 3 heterocycles. The van der Waals surface area contributed by atoms with Crippen molar-refractivity contribution in [1.29, 1.82) is 0 Å². The molecule has 0 bridgehead atoms. The summed E-state index contributed by atoms with van der Waals surface area (Å²) in [6.07, 6.45) is 6.15. The molecule has 2 aromatic heterocycles. The Morgan fingerprint density at radius 3 is 2.78 bits per heavy atom. The predicted molar refractivity (Wildman–Crippen MR) is 131 cm³/mol. The van der Waals surface area contributed by atoms with Gasteiger partial charge in [-0.15, -0.1) is 0 Å². The number of ether oxygens (including phenoxy) is 3. The molecule has 198 valence electrons. The number of rotatable bonds is 11. The van der Waals surface area contributed by atoms with Crippen molar-refractivity contribution in [2.75, 3.05) is 40.0 Å². The van der Waals surface area contributed by atoms with E-state index in [1.165, 1.54) is 13.2 Å². The first-order chi connectivity index (χ1) is 17.9. The van der Waals surface area contributed by atoms with Gasteiger partial charge in [-0.05, 0) is 44.0 Å². The topological polar surface area (TPSA) is 97.6 Å². The average molecular weight is 517 g/mol. The monoisotopic (exact) mass is 516 g/mol. The molecule has 9 nitrogen and oxygen atoms in total. The molecule has 5 rings (SSSR count). The number of hydrogen-bond acceptors (Lipinski definition) is 7. The van der Waals surface area contributed by atoms with E-state index in [0.717, 1.165) is 32.4 Å². The lowest BCUT2D eigenvalue weighted by Crippen LogP contribution is -2.26. The van der Waals surface area contributed by atoms with Gasteiger partial charge in [0.2, 0.25) is 0 Å². The van der Waals surface area contributed by atoms with Gasteiger partial charge in [0.15, 0.2) is 0 Å². The minimum Gasteiger partial charge on any atom is -0.496 e. The van der Waals surface area contributed by atoms with Crippen LogP contribution in [0.4, 0.5) is 8.78 Å². The summed E-state index contributed by atoms with van der Waals surface area (Å²) >= 11 is 0. The van der Waals surface area contributed by atoms with Crippen LogP contribution in [0.5, 0.6) is 17.2 Å². The first-order valence-electron chi connectivity index (χ1n) is 12.4. The van der Waals surface area contributed by atoms with Crippen LogP contribution in [0.15, 0.2) is 36.7 Å². The van der Waals surface area contributed by atoms with Crippen molar-refractivity contribution < 1.29 is 32.9 Å². The molecule has 1 saturated carbocycles. The number of alkyl halides is 2. The molecule has 2 N–H and O–H groups in total. The number of methoxy groups -OCH3 is 1. The first-order valence-corrected chi connectivity index (χ1v) is 12.4. The van der Waals surface area contributed by atoms with Gasteiger partial charge in [0, 0.05) is 42.9 Å². The normalized spacial score (nSPS) is 17.9. The van der Waals surface area contributed by atoms with Crippen LogP contribution in [-0.4, -0.2) is 77.9 Å². The van der Waals surface area contributed by atoms with Crippen LogP contribution in [0.1, 0.15) is 29.6 Å². The zero-order chi connectivity index (χ0) is 25.9. The minimum atomic E-state index is -3.11. The number of fused-ring (bicyclic) bond motifs is 1. The van der Waals surface area contributed by atoms with Crippen molar-refractivity contribution in [3.05, 3.63) is 42.2 Å². The SMILES string of the molecule is COc1cc(-c2cnc3cc(OC[C@@H]4CCN(CCO)C4)ccn23)cc(OC(F)F)c1C(=O)NC1CC1. The number of aromatic nitrogens is 2. The van der Waals surface area contributed by atoms with Crippen molar-refractivity contribution in [2.45, 2.75) is 31.9 Å². The van der Waals surface area contributed by atoms with Gasteiger partial charge in [0.25, 0.3) is 5.91 Å². The molecule has 1 aromatic carbocycles. The Morgan fingerprint density at radius 1 is 1.24 bits per heavy atom. The number of nitrogens with one attached hydrogen (secondary N) is 1. The summed E-state index contributed by atoms with van der Waals surface area (Å²) in [6, 6.07) is 6.70. The Morgan fingerprint density at radius 2 is 2.05 bits per heavy atom.